The highest BCUT2D eigenvalue weighted by molar-refractivity contribution is 5.44. The van der Waals surface area contributed by atoms with Crippen LogP contribution >= 0.6 is 0 Å². The second-order valence-electron chi connectivity index (χ2n) is 6.23. The van der Waals surface area contributed by atoms with Gasteiger partial charge in [0, 0.05) is 32.4 Å². The van der Waals surface area contributed by atoms with Crippen LogP contribution < -0.4 is 15.4 Å². The van der Waals surface area contributed by atoms with Crippen molar-refractivity contribution in [3.8, 4) is 6.07 Å². The molecule has 1 fully saturated rings. The Hall–Kier alpha value is -2.95. The van der Waals surface area contributed by atoms with E-state index in [0.717, 1.165) is 5.82 Å². The van der Waals surface area contributed by atoms with Crippen LogP contribution in [0.15, 0.2) is 23.1 Å². The number of hydrogen-bond acceptors (Lipinski definition) is 6. The fourth-order valence-electron chi connectivity index (χ4n) is 2.78. The Bertz CT molecular complexity index is 847. The van der Waals surface area contributed by atoms with Crippen LogP contribution in [0.1, 0.15) is 31.0 Å². The number of nitrogens with one attached hydrogen (secondary N) is 1. The third kappa shape index (κ3) is 3.45. The molecule has 2 aromatic heterocycles. The van der Waals surface area contributed by atoms with Crippen LogP contribution in [-0.2, 0) is 0 Å². The molecule has 0 saturated carbocycles. The first kappa shape index (κ1) is 16.9. The first-order valence-corrected chi connectivity index (χ1v) is 8.15. The molecular weight excluding hydrogens is 323 g/mol. The van der Waals surface area contributed by atoms with Gasteiger partial charge in [0.05, 0.1) is 11.3 Å². The van der Waals surface area contributed by atoms with Crippen LogP contribution in [0.2, 0.25) is 0 Å². The fraction of sp³-hybridized carbons (Fsp3) is 0.412. The second-order valence-corrected chi connectivity index (χ2v) is 6.23. The summed E-state index contributed by atoms with van der Waals surface area (Å²) in [6.07, 6.45) is 1.55. The van der Waals surface area contributed by atoms with Gasteiger partial charge >= 0.3 is 0 Å². The van der Waals surface area contributed by atoms with E-state index < -0.39 is 11.4 Å². The number of aromatic amines is 1. The van der Waals surface area contributed by atoms with Crippen molar-refractivity contribution in [2.75, 3.05) is 36.0 Å². The maximum Gasteiger partial charge on any atom is 0.288 e. The molecule has 7 nitrogen and oxygen atoms in total. The molecule has 1 aliphatic heterocycles. The lowest BCUT2D eigenvalue weighted by molar-refractivity contribution is 0.557. The average Bonchev–Trinajstić information content (AvgIpc) is 2.64. The first-order valence-electron chi connectivity index (χ1n) is 8.15. The van der Waals surface area contributed by atoms with Gasteiger partial charge in [-0.2, -0.15) is 9.65 Å². The number of piperazine rings is 1. The number of nitriles is 1. The summed E-state index contributed by atoms with van der Waals surface area (Å²) in [5.41, 5.74) is -0.0171. The van der Waals surface area contributed by atoms with Crippen molar-refractivity contribution >= 4 is 11.8 Å². The smallest absolute Gasteiger partial charge is 0.288 e. The van der Waals surface area contributed by atoms with Crippen molar-refractivity contribution in [1.82, 2.24) is 15.0 Å². The summed E-state index contributed by atoms with van der Waals surface area (Å²) in [6.45, 7) is 6.27. The van der Waals surface area contributed by atoms with Gasteiger partial charge in [0.15, 0.2) is 0 Å². The number of pyridine rings is 1. The van der Waals surface area contributed by atoms with Crippen molar-refractivity contribution in [2.24, 2.45) is 0 Å². The molecule has 2 aromatic rings. The number of H-pyrrole nitrogens is 1. The quantitative estimate of drug-likeness (QED) is 0.912. The molecule has 0 amide bonds. The van der Waals surface area contributed by atoms with E-state index in [4.69, 9.17) is 5.26 Å². The number of anilines is 2. The van der Waals surface area contributed by atoms with E-state index in [9.17, 15) is 9.18 Å². The summed E-state index contributed by atoms with van der Waals surface area (Å²) in [7, 11) is 0. The van der Waals surface area contributed by atoms with Crippen molar-refractivity contribution in [2.45, 2.75) is 19.8 Å². The fourth-order valence-corrected chi connectivity index (χ4v) is 2.78. The molecule has 0 aliphatic carbocycles. The lowest BCUT2D eigenvalue weighted by Gasteiger charge is -2.35. The monoisotopic (exact) mass is 342 g/mol. The predicted molar refractivity (Wildman–Crippen MR) is 92.3 cm³/mol. The highest BCUT2D eigenvalue weighted by Crippen LogP contribution is 2.19. The standard InChI is InChI=1S/C17H19FN6O/c1-11(2)15-14(18)16(25)22-17(21-15)24-7-5-23(6-8-24)13-4-3-12(9-19)10-20-13/h3-4,10-11H,5-8H2,1-2H3,(H,21,22,25). The Morgan fingerprint density at radius 3 is 2.48 bits per heavy atom. The zero-order chi connectivity index (χ0) is 18.0. The highest BCUT2D eigenvalue weighted by Gasteiger charge is 2.22. The summed E-state index contributed by atoms with van der Waals surface area (Å²) in [6, 6.07) is 5.61. The molecule has 25 heavy (non-hydrogen) atoms. The van der Waals surface area contributed by atoms with E-state index in [1.165, 1.54) is 0 Å². The normalized spacial score (nSPS) is 14.7. The SMILES string of the molecule is CC(C)c1nc(N2CCN(c3ccc(C#N)cn3)CC2)[nH]c(=O)c1F. The molecule has 0 atom stereocenters. The van der Waals surface area contributed by atoms with E-state index in [1.807, 2.05) is 30.9 Å². The minimum Gasteiger partial charge on any atom is -0.353 e. The van der Waals surface area contributed by atoms with Gasteiger partial charge in [-0.15, -0.1) is 0 Å². The Labute approximate surface area is 144 Å². The van der Waals surface area contributed by atoms with E-state index in [1.54, 1.807) is 12.3 Å². The molecule has 3 heterocycles. The molecule has 0 radical (unpaired) electrons. The number of aromatic nitrogens is 3. The van der Waals surface area contributed by atoms with E-state index in [0.29, 0.717) is 37.7 Å². The summed E-state index contributed by atoms with van der Waals surface area (Å²) in [5.74, 6) is 0.244. The lowest BCUT2D eigenvalue weighted by atomic mass is 10.1. The van der Waals surface area contributed by atoms with Gasteiger partial charge in [0.1, 0.15) is 11.9 Å². The largest absolute Gasteiger partial charge is 0.353 e. The van der Waals surface area contributed by atoms with Crippen molar-refractivity contribution < 1.29 is 4.39 Å². The third-order valence-electron chi connectivity index (χ3n) is 4.20. The molecule has 0 aromatic carbocycles. The summed E-state index contributed by atoms with van der Waals surface area (Å²) >= 11 is 0. The van der Waals surface area contributed by atoms with Gasteiger partial charge in [0.2, 0.25) is 11.8 Å². The zero-order valence-corrected chi connectivity index (χ0v) is 14.2. The van der Waals surface area contributed by atoms with Gasteiger partial charge in [0.25, 0.3) is 5.56 Å². The van der Waals surface area contributed by atoms with Crippen molar-refractivity contribution in [3.05, 3.63) is 45.8 Å². The molecule has 0 unspecified atom stereocenters. The van der Waals surface area contributed by atoms with Crippen molar-refractivity contribution in [3.63, 3.8) is 0 Å². The van der Waals surface area contributed by atoms with Crippen LogP contribution in [0.25, 0.3) is 0 Å². The Balaban J connectivity index is 1.74. The number of halogens is 1. The summed E-state index contributed by atoms with van der Waals surface area (Å²) in [5, 5.41) is 8.83. The van der Waals surface area contributed by atoms with Gasteiger partial charge in [-0.05, 0) is 18.1 Å². The van der Waals surface area contributed by atoms with Gasteiger partial charge in [-0.3, -0.25) is 9.78 Å². The predicted octanol–water partition coefficient (Wildman–Crippen LogP) is 1.63. The van der Waals surface area contributed by atoms with E-state index in [2.05, 4.69) is 19.9 Å². The maximum atomic E-state index is 13.9. The number of hydrogen-bond donors (Lipinski definition) is 1. The Morgan fingerprint density at radius 1 is 1.24 bits per heavy atom. The number of nitrogens with zero attached hydrogens (tertiary/aromatic N) is 5. The molecule has 0 bridgehead atoms. The molecule has 1 saturated heterocycles. The van der Waals surface area contributed by atoms with E-state index >= 15 is 0 Å². The average molecular weight is 342 g/mol. The van der Waals surface area contributed by atoms with Crippen LogP contribution in [-0.4, -0.2) is 41.1 Å². The maximum absolute atomic E-state index is 13.9. The third-order valence-corrected chi connectivity index (χ3v) is 4.20. The summed E-state index contributed by atoms with van der Waals surface area (Å²) in [4.78, 5) is 27.0. The Morgan fingerprint density at radius 2 is 1.92 bits per heavy atom. The molecule has 3 rings (SSSR count). The highest BCUT2D eigenvalue weighted by atomic mass is 19.1. The molecule has 0 spiro atoms. The van der Waals surface area contributed by atoms with E-state index in [-0.39, 0.29) is 11.6 Å². The van der Waals surface area contributed by atoms with Crippen LogP contribution in [0, 0.1) is 17.1 Å². The van der Waals surface area contributed by atoms with Gasteiger partial charge < -0.3 is 9.80 Å². The zero-order valence-electron chi connectivity index (χ0n) is 14.2. The van der Waals surface area contributed by atoms with Gasteiger partial charge in [-0.1, -0.05) is 13.8 Å². The van der Waals surface area contributed by atoms with Crippen molar-refractivity contribution in [1.29, 1.82) is 5.26 Å². The summed E-state index contributed by atoms with van der Waals surface area (Å²) < 4.78 is 13.9. The molecule has 8 heteroatoms. The topological polar surface area (TPSA) is 88.9 Å². The van der Waals surface area contributed by atoms with Gasteiger partial charge in [-0.25, -0.2) is 9.97 Å². The van der Waals surface area contributed by atoms with Crippen LogP contribution in [0.4, 0.5) is 16.2 Å². The lowest BCUT2D eigenvalue weighted by Crippen LogP contribution is -2.48. The Kier molecular flexibility index (Phi) is 4.65. The number of rotatable bonds is 3. The molecule has 1 aliphatic rings. The minimum atomic E-state index is -0.806. The molecule has 1 N–H and O–H groups in total. The molecular formula is C17H19FN6O. The minimum absolute atomic E-state index is 0.162. The molecule has 130 valence electrons. The second kappa shape index (κ2) is 6.89. The first-order chi connectivity index (χ1) is 12.0. The van der Waals surface area contributed by atoms with Crippen LogP contribution in [0.5, 0.6) is 0 Å². The van der Waals surface area contributed by atoms with Crippen LogP contribution in [0.3, 0.4) is 0 Å².